The average Bonchev–Trinajstić information content (AvgIpc) is 2.45. The Hall–Kier alpha value is -1.50. The fraction of sp³-hybridized carbons (Fsp3) is 0.562. The molecule has 5 nitrogen and oxygen atoms in total. The fourth-order valence-corrected chi connectivity index (χ4v) is 1.72. The highest BCUT2D eigenvalue weighted by Crippen LogP contribution is 2.14. The highest BCUT2D eigenvalue weighted by atomic mass is 19.1. The Morgan fingerprint density at radius 2 is 1.91 bits per heavy atom. The normalized spacial score (nSPS) is 14.7. The van der Waals surface area contributed by atoms with Gasteiger partial charge >= 0.3 is 5.97 Å². The second-order valence-electron chi connectivity index (χ2n) is 5.99. The van der Waals surface area contributed by atoms with Gasteiger partial charge in [-0.25, -0.2) is 9.29 Å². The molecule has 0 saturated carbocycles. The quantitative estimate of drug-likeness (QED) is 0.617. The van der Waals surface area contributed by atoms with Crippen molar-refractivity contribution in [3.63, 3.8) is 0 Å². The second-order valence-corrected chi connectivity index (χ2v) is 5.99. The summed E-state index contributed by atoms with van der Waals surface area (Å²) in [5, 5.41) is 9.92. The van der Waals surface area contributed by atoms with E-state index in [0.717, 1.165) is 10.5 Å². The monoisotopic (exact) mass is 313 g/mol. The van der Waals surface area contributed by atoms with Crippen LogP contribution in [0.3, 0.4) is 0 Å². The lowest BCUT2D eigenvalue weighted by atomic mass is 10.2. The molecule has 0 heterocycles. The van der Waals surface area contributed by atoms with Gasteiger partial charge in [-0.2, -0.15) is 0 Å². The molecule has 0 aliphatic heterocycles. The first-order valence-corrected chi connectivity index (χ1v) is 7.09. The third-order valence-electron chi connectivity index (χ3n) is 2.94. The van der Waals surface area contributed by atoms with E-state index in [0.29, 0.717) is 0 Å². The second kappa shape index (κ2) is 8.22. The molecule has 0 aliphatic carbocycles. The molecule has 1 aromatic rings. The maximum absolute atomic E-state index is 13.2. The van der Waals surface area contributed by atoms with Crippen molar-refractivity contribution in [3.8, 4) is 0 Å². The molecule has 1 N–H and O–H groups in total. The maximum atomic E-state index is 13.2. The molecule has 0 bridgehead atoms. The van der Waals surface area contributed by atoms with E-state index in [1.54, 1.807) is 32.9 Å². The molecule has 0 aromatic heterocycles. The number of carbonyl (C=O) groups is 1. The number of aliphatic hydroxyl groups excluding tert-OH is 1. The van der Waals surface area contributed by atoms with Crippen molar-refractivity contribution in [1.82, 2.24) is 4.90 Å². The number of ether oxygens (including phenoxy) is 2. The molecule has 2 atom stereocenters. The molecule has 1 rings (SSSR count). The molecule has 0 radical (unpaired) electrons. The number of benzene rings is 1. The van der Waals surface area contributed by atoms with Gasteiger partial charge in [0.1, 0.15) is 19.3 Å². The zero-order chi connectivity index (χ0) is 16.8. The molecule has 124 valence electrons. The summed E-state index contributed by atoms with van der Waals surface area (Å²) < 4.78 is 23.6. The number of aliphatic hydroxyl groups is 1. The summed E-state index contributed by atoms with van der Waals surface area (Å²) in [6, 6.07) is 7.88. The van der Waals surface area contributed by atoms with Crippen LogP contribution >= 0.6 is 0 Å². The van der Waals surface area contributed by atoms with E-state index in [-0.39, 0.29) is 6.61 Å². The number of alkyl halides is 1. The van der Waals surface area contributed by atoms with Crippen molar-refractivity contribution in [2.75, 3.05) is 13.7 Å². The van der Waals surface area contributed by atoms with Gasteiger partial charge in [-0.1, -0.05) is 30.3 Å². The van der Waals surface area contributed by atoms with Crippen LogP contribution in [0.25, 0.3) is 0 Å². The largest absolute Gasteiger partial charge is 0.460 e. The van der Waals surface area contributed by atoms with E-state index in [1.807, 2.05) is 18.2 Å². The first-order valence-electron chi connectivity index (χ1n) is 7.09. The summed E-state index contributed by atoms with van der Waals surface area (Å²) in [6.07, 6.45) is -1.40. The lowest BCUT2D eigenvalue weighted by molar-refractivity contribution is -0.244. The van der Waals surface area contributed by atoms with Crippen LogP contribution in [0.2, 0.25) is 0 Å². The number of halogens is 1. The van der Waals surface area contributed by atoms with Gasteiger partial charge in [0.25, 0.3) is 0 Å². The van der Waals surface area contributed by atoms with Crippen LogP contribution in [0.1, 0.15) is 26.3 Å². The number of carbonyl (C=O) groups excluding carboxylic acids is 1. The minimum atomic E-state index is -1.40. The number of likely N-dealkylation sites (N-methyl/N-ethyl adjacent to an activating group) is 1. The van der Waals surface area contributed by atoms with Gasteiger partial charge in [0.15, 0.2) is 0 Å². The van der Waals surface area contributed by atoms with Crippen molar-refractivity contribution < 1.29 is 23.8 Å². The van der Waals surface area contributed by atoms with E-state index in [1.165, 1.54) is 7.05 Å². The molecule has 1 aromatic carbocycles. The lowest BCUT2D eigenvalue weighted by Gasteiger charge is -2.32. The van der Waals surface area contributed by atoms with E-state index in [2.05, 4.69) is 0 Å². The van der Waals surface area contributed by atoms with Crippen molar-refractivity contribution >= 4 is 5.97 Å². The van der Waals surface area contributed by atoms with Crippen molar-refractivity contribution in [1.29, 1.82) is 0 Å². The Morgan fingerprint density at radius 1 is 1.32 bits per heavy atom. The predicted molar refractivity (Wildman–Crippen MR) is 80.6 cm³/mol. The van der Waals surface area contributed by atoms with Crippen LogP contribution in [0.4, 0.5) is 4.39 Å². The first-order chi connectivity index (χ1) is 10.2. The van der Waals surface area contributed by atoms with E-state index < -0.39 is 30.7 Å². The molecule has 0 spiro atoms. The van der Waals surface area contributed by atoms with E-state index in [9.17, 15) is 14.3 Å². The van der Waals surface area contributed by atoms with Gasteiger partial charge in [0, 0.05) is 0 Å². The fourth-order valence-electron chi connectivity index (χ4n) is 1.72. The zero-order valence-electron chi connectivity index (χ0n) is 13.5. The third-order valence-corrected chi connectivity index (χ3v) is 2.94. The summed E-state index contributed by atoms with van der Waals surface area (Å²) in [7, 11) is 1.41. The van der Waals surface area contributed by atoms with Gasteiger partial charge in [0.2, 0.25) is 6.41 Å². The average molecular weight is 313 g/mol. The molecular weight excluding hydrogens is 289 g/mol. The van der Waals surface area contributed by atoms with Crippen molar-refractivity contribution in [2.45, 2.75) is 45.4 Å². The standard InChI is InChI=1S/C16H24FNO4/c1-16(2,3)22-15(20)18(4)13(10-17)14(19)21-11-12-8-6-5-7-9-12/h5-9,13,15,20H,10-11H2,1-4H3. The molecule has 0 amide bonds. The van der Waals surface area contributed by atoms with Crippen LogP contribution in [-0.4, -0.2) is 47.8 Å². The smallest absolute Gasteiger partial charge is 0.326 e. The summed E-state index contributed by atoms with van der Waals surface area (Å²) in [5.41, 5.74) is 0.185. The summed E-state index contributed by atoms with van der Waals surface area (Å²) in [4.78, 5) is 13.1. The maximum Gasteiger partial charge on any atom is 0.326 e. The number of esters is 1. The molecular formula is C16H24FNO4. The number of rotatable bonds is 7. The highest BCUT2D eigenvalue weighted by molar-refractivity contribution is 5.75. The lowest BCUT2D eigenvalue weighted by Crippen LogP contribution is -2.49. The topological polar surface area (TPSA) is 59.0 Å². The molecule has 0 fully saturated rings. The number of hydrogen-bond donors (Lipinski definition) is 1. The van der Waals surface area contributed by atoms with Crippen LogP contribution in [-0.2, 0) is 20.9 Å². The van der Waals surface area contributed by atoms with Crippen LogP contribution < -0.4 is 0 Å². The van der Waals surface area contributed by atoms with Crippen LogP contribution in [0.5, 0.6) is 0 Å². The molecule has 0 saturated heterocycles. The Balaban J connectivity index is 2.59. The van der Waals surface area contributed by atoms with E-state index >= 15 is 0 Å². The number of nitrogens with zero attached hydrogens (tertiary/aromatic N) is 1. The van der Waals surface area contributed by atoms with Gasteiger partial charge in [0.05, 0.1) is 5.60 Å². The molecule has 6 heteroatoms. The predicted octanol–water partition coefficient (Wildman–Crippen LogP) is 2.09. The summed E-state index contributed by atoms with van der Waals surface area (Å²) in [6.45, 7) is 4.33. The minimum Gasteiger partial charge on any atom is -0.460 e. The first kappa shape index (κ1) is 18.5. The van der Waals surface area contributed by atoms with Crippen LogP contribution in [0.15, 0.2) is 30.3 Å². The molecule has 2 unspecified atom stereocenters. The Kier molecular flexibility index (Phi) is 6.93. The van der Waals surface area contributed by atoms with Crippen molar-refractivity contribution in [3.05, 3.63) is 35.9 Å². The molecule has 0 aliphatic rings. The van der Waals surface area contributed by atoms with E-state index in [4.69, 9.17) is 9.47 Å². The Labute approximate surface area is 130 Å². The Bertz CT molecular complexity index is 461. The SMILES string of the molecule is CN(C(O)OC(C)(C)C)C(CF)C(=O)OCc1ccccc1. The minimum absolute atomic E-state index is 0.0558. The Morgan fingerprint density at radius 3 is 2.41 bits per heavy atom. The van der Waals surface area contributed by atoms with Gasteiger partial charge in [-0.3, -0.25) is 4.79 Å². The summed E-state index contributed by atoms with van der Waals surface area (Å²) in [5.74, 6) is -0.745. The zero-order valence-corrected chi connectivity index (χ0v) is 13.5. The van der Waals surface area contributed by atoms with Crippen LogP contribution in [0, 0.1) is 0 Å². The molecule has 22 heavy (non-hydrogen) atoms. The van der Waals surface area contributed by atoms with Gasteiger partial charge < -0.3 is 14.6 Å². The van der Waals surface area contributed by atoms with Gasteiger partial charge in [-0.15, -0.1) is 0 Å². The summed E-state index contributed by atoms with van der Waals surface area (Å²) >= 11 is 0. The number of hydrogen-bond acceptors (Lipinski definition) is 5. The third kappa shape index (κ3) is 6.09. The van der Waals surface area contributed by atoms with Gasteiger partial charge in [-0.05, 0) is 33.4 Å². The van der Waals surface area contributed by atoms with Crippen molar-refractivity contribution in [2.24, 2.45) is 0 Å². The highest BCUT2D eigenvalue weighted by Gasteiger charge is 2.31.